The van der Waals surface area contributed by atoms with Gasteiger partial charge in [0, 0.05) is 25.8 Å². The zero-order valence-electron chi connectivity index (χ0n) is 15.2. The van der Waals surface area contributed by atoms with Crippen LogP contribution >= 0.6 is 0 Å². The number of hydrogen-bond donors (Lipinski definition) is 1. The van der Waals surface area contributed by atoms with Crippen molar-refractivity contribution in [3.05, 3.63) is 59.9 Å². The Morgan fingerprint density at radius 2 is 1.79 bits per heavy atom. The van der Waals surface area contributed by atoms with E-state index < -0.39 is 21.8 Å². The van der Waals surface area contributed by atoms with Crippen molar-refractivity contribution in [3.63, 3.8) is 0 Å². The van der Waals surface area contributed by atoms with Crippen molar-refractivity contribution in [2.45, 2.75) is 24.8 Å². The largest absolute Gasteiger partial charge is 0.416 e. The van der Waals surface area contributed by atoms with Crippen molar-refractivity contribution in [2.24, 2.45) is 5.92 Å². The molecule has 1 aromatic carbocycles. The molecule has 1 aromatic heterocycles. The number of piperidine rings is 1. The molecule has 0 aliphatic carbocycles. The van der Waals surface area contributed by atoms with Gasteiger partial charge in [0.05, 0.1) is 23.2 Å². The van der Waals surface area contributed by atoms with Crippen LogP contribution in [0.3, 0.4) is 0 Å². The predicted molar refractivity (Wildman–Crippen MR) is 101 cm³/mol. The van der Waals surface area contributed by atoms with E-state index in [-0.39, 0.29) is 11.7 Å². The zero-order chi connectivity index (χ0) is 20.2. The van der Waals surface area contributed by atoms with Crippen LogP contribution in [0.4, 0.5) is 18.9 Å². The Morgan fingerprint density at radius 1 is 1.11 bits per heavy atom. The number of pyridine rings is 1. The number of nitrogens with zero attached hydrogens (tertiary/aromatic N) is 2. The van der Waals surface area contributed by atoms with Crippen LogP contribution in [0.5, 0.6) is 0 Å². The van der Waals surface area contributed by atoms with Crippen LogP contribution in [0.25, 0.3) is 0 Å². The van der Waals surface area contributed by atoms with E-state index in [1.165, 1.54) is 12.1 Å². The Morgan fingerprint density at radius 3 is 2.36 bits per heavy atom. The fraction of sp³-hybridized carbons (Fsp3) is 0.421. The smallest absolute Gasteiger partial charge is 0.370 e. The van der Waals surface area contributed by atoms with Crippen molar-refractivity contribution in [3.8, 4) is 0 Å². The highest BCUT2D eigenvalue weighted by molar-refractivity contribution is 7.88. The number of aromatic nitrogens is 1. The summed E-state index contributed by atoms with van der Waals surface area (Å²) in [4.78, 5) is 6.33. The summed E-state index contributed by atoms with van der Waals surface area (Å²) in [5.74, 6) is -0.102. The summed E-state index contributed by atoms with van der Waals surface area (Å²) in [6.45, 7) is 2.00. The van der Waals surface area contributed by atoms with E-state index in [1.54, 1.807) is 6.20 Å². The van der Waals surface area contributed by atoms with E-state index in [9.17, 15) is 21.6 Å². The topological polar surface area (TPSA) is 62.3 Å². The summed E-state index contributed by atoms with van der Waals surface area (Å²) >= 11 is 0. The van der Waals surface area contributed by atoms with Crippen molar-refractivity contribution >= 4 is 15.7 Å². The number of hydrogen-bond acceptors (Lipinski definition) is 4. The highest BCUT2D eigenvalue weighted by Crippen LogP contribution is 2.29. The standard InChI is InChI=1S/C19H22F3N3O2S/c20-19(21,22)17-5-3-16(4-6-17)14-28(26,27)24-12-15-7-10-25(11-8-15)18-2-1-9-23-13-18/h1-6,9,13,15,24H,7-8,10-12,14H2. The lowest BCUT2D eigenvalue weighted by Crippen LogP contribution is -2.39. The quantitative estimate of drug-likeness (QED) is 0.788. The number of anilines is 1. The number of sulfonamides is 1. The zero-order valence-corrected chi connectivity index (χ0v) is 16.0. The number of nitrogens with one attached hydrogen (secondary N) is 1. The minimum atomic E-state index is -4.43. The third-order valence-corrected chi connectivity index (χ3v) is 6.18. The van der Waals surface area contributed by atoms with Gasteiger partial charge < -0.3 is 4.90 Å². The Labute approximate surface area is 162 Å². The van der Waals surface area contributed by atoms with Crippen LogP contribution < -0.4 is 9.62 Å². The minimum Gasteiger partial charge on any atom is -0.370 e. The fourth-order valence-corrected chi connectivity index (χ4v) is 4.46. The lowest BCUT2D eigenvalue weighted by molar-refractivity contribution is -0.137. The van der Waals surface area contributed by atoms with E-state index in [2.05, 4.69) is 14.6 Å². The van der Waals surface area contributed by atoms with Crippen LogP contribution in [-0.4, -0.2) is 33.0 Å². The molecule has 1 aliphatic heterocycles. The molecule has 28 heavy (non-hydrogen) atoms. The van der Waals surface area contributed by atoms with Crippen LogP contribution in [0.1, 0.15) is 24.0 Å². The molecule has 1 fully saturated rings. The first-order valence-corrected chi connectivity index (χ1v) is 10.7. The molecule has 1 aliphatic rings. The molecular weight excluding hydrogens is 391 g/mol. The van der Waals surface area contributed by atoms with E-state index in [4.69, 9.17) is 0 Å². The van der Waals surface area contributed by atoms with Gasteiger partial charge in [-0.2, -0.15) is 13.2 Å². The number of alkyl halides is 3. The summed E-state index contributed by atoms with van der Waals surface area (Å²) in [5.41, 5.74) is 0.595. The average Bonchev–Trinajstić information content (AvgIpc) is 2.67. The first-order chi connectivity index (χ1) is 13.2. The lowest BCUT2D eigenvalue weighted by atomic mass is 9.97. The molecular formula is C19H22F3N3O2S. The summed E-state index contributed by atoms with van der Waals surface area (Å²) in [5, 5.41) is 0. The van der Waals surface area contributed by atoms with Crippen LogP contribution in [0.2, 0.25) is 0 Å². The van der Waals surface area contributed by atoms with Crippen molar-refractivity contribution in [1.82, 2.24) is 9.71 Å². The molecule has 9 heteroatoms. The van der Waals surface area contributed by atoms with Crippen molar-refractivity contribution in [2.75, 3.05) is 24.5 Å². The number of halogens is 3. The van der Waals surface area contributed by atoms with Gasteiger partial charge in [0.15, 0.2) is 0 Å². The van der Waals surface area contributed by atoms with Crippen molar-refractivity contribution < 1.29 is 21.6 Å². The maximum Gasteiger partial charge on any atom is 0.416 e. The van der Waals surface area contributed by atoms with Crippen LogP contribution in [0, 0.1) is 5.92 Å². The number of rotatable bonds is 6. The summed E-state index contributed by atoms with van der Waals surface area (Å²) < 4.78 is 64.9. The third-order valence-electron chi connectivity index (χ3n) is 4.86. The first kappa shape index (κ1) is 20.6. The lowest BCUT2D eigenvalue weighted by Gasteiger charge is -2.33. The molecule has 2 heterocycles. The maximum atomic E-state index is 12.6. The molecule has 0 unspecified atom stereocenters. The fourth-order valence-electron chi connectivity index (χ4n) is 3.24. The monoisotopic (exact) mass is 413 g/mol. The molecule has 0 saturated carbocycles. The van der Waals surface area contributed by atoms with Crippen LogP contribution in [0.15, 0.2) is 48.8 Å². The molecule has 3 rings (SSSR count). The molecule has 1 saturated heterocycles. The molecule has 0 atom stereocenters. The van der Waals surface area contributed by atoms with Crippen molar-refractivity contribution in [1.29, 1.82) is 0 Å². The summed E-state index contributed by atoms with van der Waals surface area (Å²) in [6, 6.07) is 8.10. The summed E-state index contributed by atoms with van der Waals surface area (Å²) in [7, 11) is -3.60. The SMILES string of the molecule is O=S(=O)(Cc1ccc(C(F)(F)F)cc1)NCC1CCN(c2cccnc2)CC1. The number of benzene rings is 1. The average molecular weight is 413 g/mol. The van der Waals surface area contributed by atoms with Gasteiger partial charge in [0.25, 0.3) is 0 Å². The molecule has 5 nitrogen and oxygen atoms in total. The minimum absolute atomic E-state index is 0.232. The van der Waals surface area contributed by atoms with Gasteiger partial charge in [0.2, 0.25) is 10.0 Å². The Hall–Kier alpha value is -2.13. The third kappa shape index (κ3) is 5.68. The van der Waals surface area contributed by atoms with Gasteiger partial charge >= 0.3 is 6.18 Å². The second-order valence-corrected chi connectivity index (χ2v) is 8.75. The molecule has 0 spiro atoms. The van der Waals surface area contributed by atoms with Crippen LogP contribution in [-0.2, 0) is 22.0 Å². The molecule has 0 amide bonds. The van der Waals surface area contributed by atoms with Gasteiger partial charge in [0.1, 0.15) is 0 Å². The summed E-state index contributed by atoms with van der Waals surface area (Å²) in [6.07, 6.45) is 0.824. The Balaban J connectivity index is 1.48. The normalized spacial score (nSPS) is 16.3. The molecule has 1 N–H and O–H groups in total. The molecule has 152 valence electrons. The van der Waals surface area contributed by atoms with Gasteiger partial charge in [-0.25, -0.2) is 13.1 Å². The highest BCUT2D eigenvalue weighted by Gasteiger charge is 2.30. The van der Waals surface area contributed by atoms with E-state index in [0.717, 1.165) is 43.8 Å². The maximum absolute atomic E-state index is 12.6. The van der Waals surface area contributed by atoms with E-state index >= 15 is 0 Å². The molecule has 0 radical (unpaired) electrons. The second kappa shape index (κ2) is 8.48. The van der Waals surface area contributed by atoms with Gasteiger partial charge in [-0.3, -0.25) is 4.98 Å². The second-order valence-electron chi connectivity index (χ2n) is 6.94. The molecule has 2 aromatic rings. The van der Waals surface area contributed by atoms with E-state index in [1.807, 2.05) is 18.3 Å². The van der Waals surface area contributed by atoms with Gasteiger partial charge in [-0.1, -0.05) is 12.1 Å². The molecule has 0 bridgehead atoms. The predicted octanol–water partition coefficient (Wildman–Crippen LogP) is 3.44. The van der Waals surface area contributed by atoms with Gasteiger partial charge in [-0.15, -0.1) is 0 Å². The first-order valence-electron chi connectivity index (χ1n) is 9.01. The van der Waals surface area contributed by atoms with E-state index in [0.29, 0.717) is 12.1 Å². The Kier molecular flexibility index (Phi) is 6.24. The highest BCUT2D eigenvalue weighted by atomic mass is 32.2. The Bertz CT molecular complexity index is 864. The van der Waals surface area contributed by atoms with Gasteiger partial charge in [-0.05, 0) is 48.6 Å².